The number of methoxy groups -OCH3 is 1. The fourth-order valence-corrected chi connectivity index (χ4v) is 2.18. The molecule has 0 unspecified atom stereocenters. The number of benzene rings is 2. The van der Waals surface area contributed by atoms with Gasteiger partial charge in [0, 0.05) is 11.5 Å². The molecule has 24 heavy (non-hydrogen) atoms. The number of rotatable bonds is 3. The number of fused-ring (bicyclic) bond motifs is 1. The second-order valence-electron chi connectivity index (χ2n) is 4.87. The maximum Gasteiger partial charge on any atom is 0.161 e. The second-order valence-corrected chi connectivity index (χ2v) is 4.87. The van der Waals surface area contributed by atoms with Crippen molar-refractivity contribution < 1.29 is 14.2 Å². The molecular formula is C18H20FN3O2. The standard InChI is InChI=1S/C16H14FN3O2.C2H6/c1-9-3-4-12(11(17)5-9)20-16-10-6-15(22-2)14(21)7-13(10)18-8-19-16;1-2/h3-8,21H,1-2H3,(H,18,19,20);1-2H3. The van der Waals surface area contributed by atoms with Gasteiger partial charge in [-0.1, -0.05) is 19.9 Å². The van der Waals surface area contributed by atoms with Gasteiger partial charge in [-0.05, 0) is 30.7 Å². The quantitative estimate of drug-likeness (QED) is 0.737. The summed E-state index contributed by atoms with van der Waals surface area (Å²) in [6, 6.07) is 7.99. The van der Waals surface area contributed by atoms with E-state index in [0.29, 0.717) is 28.2 Å². The molecule has 0 fully saturated rings. The molecule has 3 rings (SSSR count). The van der Waals surface area contributed by atoms with Crippen molar-refractivity contribution in [3.05, 3.63) is 48.0 Å². The second kappa shape index (κ2) is 7.59. The Morgan fingerprint density at radius 3 is 2.54 bits per heavy atom. The Hall–Kier alpha value is -2.89. The van der Waals surface area contributed by atoms with Crippen LogP contribution in [0.1, 0.15) is 19.4 Å². The molecule has 0 aliphatic rings. The van der Waals surface area contributed by atoms with Crippen LogP contribution in [0.25, 0.3) is 10.9 Å². The number of phenolic OH excluding ortho intramolecular Hbond substituents is 1. The highest BCUT2D eigenvalue weighted by molar-refractivity contribution is 5.92. The zero-order chi connectivity index (χ0) is 17.7. The summed E-state index contributed by atoms with van der Waals surface area (Å²) in [5, 5.41) is 13.4. The van der Waals surface area contributed by atoms with Gasteiger partial charge in [0.05, 0.1) is 18.3 Å². The van der Waals surface area contributed by atoms with Crippen LogP contribution in [0.4, 0.5) is 15.9 Å². The minimum Gasteiger partial charge on any atom is -0.504 e. The molecule has 0 bridgehead atoms. The summed E-state index contributed by atoms with van der Waals surface area (Å²) < 4.78 is 19.1. The highest BCUT2D eigenvalue weighted by atomic mass is 19.1. The number of nitrogens with zero attached hydrogens (tertiary/aromatic N) is 2. The Labute approximate surface area is 140 Å². The van der Waals surface area contributed by atoms with Crippen molar-refractivity contribution in [2.45, 2.75) is 20.8 Å². The number of halogens is 1. The van der Waals surface area contributed by atoms with Crippen molar-refractivity contribution in [3.8, 4) is 11.5 Å². The average Bonchev–Trinajstić information content (AvgIpc) is 2.58. The Kier molecular flexibility index (Phi) is 5.52. The van der Waals surface area contributed by atoms with E-state index in [-0.39, 0.29) is 11.6 Å². The molecule has 0 radical (unpaired) electrons. The van der Waals surface area contributed by atoms with Crippen LogP contribution in [0, 0.1) is 12.7 Å². The van der Waals surface area contributed by atoms with E-state index < -0.39 is 0 Å². The van der Waals surface area contributed by atoms with E-state index >= 15 is 0 Å². The van der Waals surface area contributed by atoms with E-state index in [1.807, 2.05) is 20.8 Å². The lowest BCUT2D eigenvalue weighted by Crippen LogP contribution is -1.99. The Morgan fingerprint density at radius 1 is 1.12 bits per heavy atom. The van der Waals surface area contributed by atoms with Crippen LogP contribution in [0.2, 0.25) is 0 Å². The third-order valence-electron chi connectivity index (χ3n) is 3.31. The van der Waals surface area contributed by atoms with Crippen LogP contribution in [-0.4, -0.2) is 22.2 Å². The minimum atomic E-state index is -0.363. The van der Waals surface area contributed by atoms with Gasteiger partial charge in [-0.15, -0.1) is 0 Å². The molecule has 0 aliphatic carbocycles. The lowest BCUT2D eigenvalue weighted by Gasteiger charge is -2.11. The number of ether oxygens (including phenoxy) is 1. The predicted octanol–water partition coefficient (Wildman–Crippen LogP) is 4.56. The van der Waals surface area contributed by atoms with Crippen LogP contribution >= 0.6 is 0 Å². The van der Waals surface area contributed by atoms with Gasteiger partial charge in [0.25, 0.3) is 0 Å². The number of hydrogen-bond donors (Lipinski definition) is 2. The number of aryl methyl sites for hydroxylation is 1. The third-order valence-corrected chi connectivity index (χ3v) is 3.31. The molecule has 5 nitrogen and oxygen atoms in total. The summed E-state index contributed by atoms with van der Waals surface area (Å²) in [4.78, 5) is 8.24. The van der Waals surface area contributed by atoms with E-state index in [4.69, 9.17) is 4.74 Å². The van der Waals surface area contributed by atoms with Gasteiger partial charge in [-0.2, -0.15) is 0 Å². The number of hydrogen-bond acceptors (Lipinski definition) is 5. The molecular weight excluding hydrogens is 309 g/mol. The maximum absolute atomic E-state index is 14.0. The first kappa shape index (κ1) is 17.5. The molecule has 0 amide bonds. The van der Waals surface area contributed by atoms with E-state index in [9.17, 15) is 9.50 Å². The summed E-state index contributed by atoms with van der Waals surface area (Å²) in [7, 11) is 1.46. The highest BCUT2D eigenvalue weighted by Crippen LogP contribution is 2.33. The van der Waals surface area contributed by atoms with Crippen molar-refractivity contribution in [2.24, 2.45) is 0 Å². The fraction of sp³-hybridized carbons (Fsp3) is 0.222. The molecule has 0 atom stereocenters. The number of aromatic hydroxyl groups is 1. The zero-order valence-electron chi connectivity index (χ0n) is 14.1. The van der Waals surface area contributed by atoms with Crippen LogP contribution < -0.4 is 10.1 Å². The molecule has 2 N–H and O–H groups in total. The lowest BCUT2D eigenvalue weighted by atomic mass is 10.2. The molecule has 0 spiro atoms. The largest absolute Gasteiger partial charge is 0.504 e. The van der Waals surface area contributed by atoms with Crippen molar-refractivity contribution in [2.75, 3.05) is 12.4 Å². The van der Waals surface area contributed by atoms with E-state index in [1.165, 1.54) is 25.6 Å². The zero-order valence-corrected chi connectivity index (χ0v) is 14.1. The molecule has 2 aromatic carbocycles. The highest BCUT2D eigenvalue weighted by Gasteiger charge is 2.11. The number of anilines is 2. The molecule has 6 heteroatoms. The first-order valence-electron chi connectivity index (χ1n) is 7.63. The number of aromatic nitrogens is 2. The summed E-state index contributed by atoms with van der Waals surface area (Å²) in [6.07, 6.45) is 1.35. The van der Waals surface area contributed by atoms with Crippen molar-refractivity contribution in [3.63, 3.8) is 0 Å². The summed E-state index contributed by atoms with van der Waals surface area (Å²) in [5.41, 5.74) is 1.68. The number of nitrogens with one attached hydrogen (secondary N) is 1. The minimum absolute atomic E-state index is 0.0128. The van der Waals surface area contributed by atoms with Gasteiger partial charge >= 0.3 is 0 Å². The molecule has 0 aliphatic heterocycles. The maximum atomic E-state index is 14.0. The topological polar surface area (TPSA) is 67.3 Å². The van der Waals surface area contributed by atoms with Crippen molar-refractivity contribution in [1.82, 2.24) is 9.97 Å². The molecule has 0 saturated heterocycles. The van der Waals surface area contributed by atoms with Crippen molar-refractivity contribution >= 4 is 22.4 Å². The van der Waals surface area contributed by atoms with E-state index in [1.54, 1.807) is 18.2 Å². The fourth-order valence-electron chi connectivity index (χ4n) is 2.18. The first-order chi connectivity index (χ1) is 11.6. The molecule has 0 saturated carbocycles. The SMILES string of the molecule is CC.COc1cc2c(Nc3ccc(C)cc3F)ncnc2cc1O. The summed E-state index contributed by atoms with van der Waals surface area (Å²) >= 11 is 0. The van der Waals surface area contributed by atoms with Gasteiger partial charge in [0.15, 0.2) is 11.5 Å². The Morgan fingerprint density at radius 2 is 1.88 bits per heavy atom. The first-order valence-corrected chi connectivity index (χ1v) is 7.63. The van der Waals surface area contributed by atoms with Gasteiger partial charge in [0.1, 0.15) is 18.0 Å². The van der Waals surface area contributed by atoms with Crippen LogP contribution in [0.5, 0.6) is 11.5 Å². The van der Waals surface area contributed by atoms with Gasteiger partial charge in [-0.3, -0.25) is 0 Å². The lowest BCUT2D eigenvalue weighted by molar-refractivity contribution is 0.374. The summed E-state index contributed by atoms with van der Waals surface area (Å²) in [5.74, 6) is 0.361. The van der Waals surface area contributed by atoms with Gasteiger partial charge < -0.3 is 15.2 Å². The Bertz CT molecular complexity index is 853. The van der Waals surface area contributed by atoms with E-state index in [2.05, 4.69) is 15.3 Å². The van der Waals surface area contributed by atoms with Crippen LogP contribution in [-0.2, 0) is 0 Å². The van der Waals surface area contributed by atoms with Crippen LogP contribution in [0.15, 0.2) is 36.7 Å². The van der Waals surface area contributed by atoms with Gasteiger partial charge in [-0.25, -0.2) is 14.4 Å². The van der Waals surface area contributed by atoms with Gasteiger partial charge in [0.2, 0.25) is 0 Å². The average molecular weight is 329 g/mol. The normalized spacial score (nSPS) is 10.0. The summed E-state index contributed by atoms with van der Waals surface area (Å²) in [6.45, 7) is 5.82. The molecule has 126 valence electrons. The molecule has 1 heterocycles. The predicted molar refractivity (Wildman–Crippen MR) is 93.5 cm³/mol. The molecule has 1 aromatic heterocycles. The van der Waals surface area contributed by atoms with Crippen LogP contribution in [0.3, 0.4) is 0 Å². The van der Waals surface area contributed by atoms with E-state index in [0.717, 1.165) is 5.56 Å². The third kappa shape index (κ3) is 3.53. The number of phenols is 1. The van der Waals surface area contributed by atoms with Crippen molar-refractivity contribution in [1.29, 1.82) is 0 Å². The smallest absolute Gasteiger partial charge is 0.161 e. The monoisotopic (exact) mass is 329 g/mol. The molecule has 3 aromatic rings. The Balaban J connectivity index is 0.00000100.